The summed E-state index contributed by atoms with van der Waals surface area (Å²) in [5.74, 6) is -1.62. The second-order valence-electron chi connectivity index (χ2n) is 6.22. The van der Waals surface area contributed by atoms with E-state index in [9.17, 15) is 19.2 Å². The van der Waals surface area contributed by atoms with Crippen molar-refractivity contribution in [1.82, 2.24) is 9.80 Å². The maximum absolute atomic E-state index is 12.2. The van der Waals surface area contributed by atoms with Crippen LogP contribution in [0.3, 0.4) is 0 Å². The lowest BCUT2D eigenvalue weighted by molar-refractivity contribution is -0.158. The lowest BCUT2D eigenvalue weighted by atomic mass is 10.1. The van der Waals surface area contributed by atoms with Gasteiger partial charge in [-0.25, -0.2) is 0 Å². The van der Waals surface area contributed by atoms with E-state index in [1.54, 1.807) is 36.1 Å². The van der Waals surface area contributed by atoms with Crippen LogP contribution in [0.25, 0.3) is 0 Å². The summed E-state index contributed by atoms with van der Waals surface area (Å²) in [4.78, 5) is 51.3. The summed E-state index contributed by atoms with van der Waals surface area (Å²) in [6.07, 6.45) is 0.939. The summed E-state index contributed by atoms with van der Waals surface area (Å²) in [7, 11) is 0. The predicted molar refractivity (Wildman–Crippen MR) is 87.8 cm³/mol. The zero-order valence-corrected chi connectivity index (χ0v) is 14.1. The minimum atomic E-state index is -0.854. The molecule has 132 valence electrons. The molecule has 0 saturated carbocycles. The van der Waals surface area contributed by atoms with Gasteiger partial charge in [0, 0.05) is 19.6 Å². The monoisotopic (exact) mass is 344 g/mol. The average Bonchev–Trinajstić information content (AvgIpc) is 3.22. The zero-order valence-electron chi connectivity index (χ0n) is 14.1. The second kappa shape index (κ2) is 7.04. The number of rotatable bonds is 5. The summed E-state index contributed by atoms with van der Waals surface area (Å²) in [6, 6.07) is 6.55. The van der Waals surface area contributed by atoms with Gasteiger partial charge in [0.05, 0.1) is 17.5 Å². The third-order valence-corrected chi connectivity index (χ3v) is 4.49. The number of esters is 1. The quantitative estimate of drug-likeness (QED) is 0.592. The van der Waals surface area contributed by atoms with E-state index in [0.29, 0.717) is 24.2 Å². The molecule has 2 aliphatic rings. The molecule has 7 nitrogen and oxygen atoms in total. The number of hydrogen-bond donors (Lipinski definition) is 0. The molecule has 0 aliphatic carbocycles. The minimum absolute atomic E-state index is 0.0597. The van der Waals surface area contributed by atoms with Gasteiger partial charge in [0.25, 0.3) is 17.7 Å². The van der Waals surface area contributed by atoms with Crippen LogP contribution in [0.1, 0.15) is 46.9 Å². The van der Waals surface area contributed by atoms with Crippen LogP contribution in [-0.2, 0) is 14.3 Å². The SMILES string of the molecule is C[C@@H](OC(=O)CCN1C(=O)c2ccccc2C1=O)C(=O)N1CCCC1. The van der Waals surface area contributed by atoms with E-state index in [4.69, 9.17) is 4.74 Å². The van der Waals surface area contributed by atoms with Gasteiger partial charge in [-0.05, 0) is 31.9 Å². The van der Waals surface area contributed by atoms with E-state index in [1.807, 2.05) is 0 Å². The van der Waals surface area contributed by atoms with E-state index in [1.165, 1.54) is 0 Å². The fraction of sp³-hybridized carbons (Fsp3) is 0.444. The van der Waals surface area contributed by atoms with Gasteiger partial charge in [0.1, 0.15) is 0 Å². The Morgan fingerprint density at radius 2 is 1.64 bits per heavy atom. The lowest BCUT2D eigenvalue weighted by Crippen LogP contribution is -2.39. The van der Waals surface area contributed by atoms with Crippen molar-refractivity contribution in [2.45, 2.75) is 32.3 Å². The molecule has 1 aromatic carbocycles. The van der Waals surface area contributed by atoms with Crippen molar-refractivity contribution in [3.63, 3.8) is 0 Å². The first-order chi connectivity index (χ1) is 12.0. The Kier molecular flexibility index (Phi) is 4.83. The fourth-order valence-electron chi connectivity index (χ4n) is 3.15. The second-order valence-corrected chi connectivity index (χ2v) is 6.22. The Balaban J connectivity index is 1.52. The lowest BCUT2D eigenvalue weighted by Gasteiger charge is -2.20. The summed E-state index contributed by atoms with van der Waals surface area (Å²) < 4.78 is 5.15. The Hall–Kier alpha value is -2.70. The number of imide groups is 1. The predicted octanol–water partition coefficient (Wildman–Crippen LogP) is 1.23. The highest BCUT2D eigenvalue weighted by atomic mass is 16.5. The van der Waals surface area contributed by atoms with Crippen LogP contribution in [0.5, 0.6) is 0 Å². The van der Waals surface area contributed by atoms with Crippen molar-refractivity contribution >= 4 is 23.7 Å². The van der Waals surface area contributed by atoms with E-state index in [2.05, 4.69) is 0 Å². The van der Waals surface area contributed by atoms with E-state index in [0.717, 1.165) is 17.7 Å². The Bertz CT molecular complexity index is 689. The summed E-state index contributed by atoms with van der Waals surface area (Å²) in [5, 5.41) is 0. The molecule has 7 heteroatoms. The molecule has 0 unspecified atom stereocenters. The van der Waals surface area contributed by atoms with Gasteiger partial charge in [-0.2, -0.15) is 0 Å². The van der Waals surface area contributed by atoms with Crippen LogP contribution in [0.15, 0.2) is 24.3 Å². The molecule has 2 aliphatic heterocycles. The van der Waals surface area contributed by atoms with Crippen LogP contribution >= 0.6 is 0 Å². The normalized spacial score (nSPS) is 17.6. The number of nitrogens with zero attached hydrogens (tertiary/aromatic N) is 2. The largest absolute Gasteiger partial charge is 0.452 e. The molecule has 1 saturated heterocycles. The van der Waals surface area contributed by atoms with Crippen molar-refractivity contribution in [3.8, 4) is 0 Å². The third kappa shape index (κ3) is 3.40. The van der Waals surface area contributed by atoms with Crippen molar-refractivity contribution in [2.24, 2.45) is 0 Å². The molecule has 3 rings (SSSR count). The van der Waals surface area contributed by atoms with E-state index < -0.39 is 23.9 Å². The molecule has 0 spiro atoms. The first-order valence-electron chi connectivity index (χ1n) is 8.42. The molecule has 1 atom stereocenters. The molecular formula is C18H20N2O5. The highest BCUT2D eigenvalue weighted by molar-refractivity contribution is 6.21. The number of hydrogen-bond acceptors (Lipinski definition) is 5. The van der Waals surface area contributed by atoms with Gasteiger partial charge in [-0.15, -0.1) is 0 Å². The average molecular weight is 344 g/mol. The molecule has 3 amide bonds. The molecule has 2 heterocycles. The van der Waals surface area contributed by atoms with Crippen molar-refractivity contribution in [1.29, 1.82) is 0 Å². The maximum Gasteiger partial charge on any atom is 0.308 e. The standard InChI is InChI=1S/C18H20N2O5/c1-12(16(22)19-9-4-5-10-19)25-15(21)8-11-20-17(23)13-6-2-3-7-14(13)18(20)24/h2-3,6-7,12H,4-5,8-11H2,1H3/t12-/m1/s1. The number of carbonyl (C=O) groups excluding carboxylic acids is 4. The molecule has 1 aromatic rings. The number of carbonyl (C=O) groups is 4. The Morgan fingerprint density at radius 3 is 2.20 bits per heavy atom. The maximum atomic E-state index is 12.2. The van der Waals surface area contributed by atoms with Crippen molar-refractivity contribution < 1.29 is 23.9 Å². The van der Waals surface area contributed by atoms with Gasteiger partial charge in [0.15, 0.2) is 6.10 Å². The zero-order chi connectivity index (χ0) is 18.0. The smallest absolute Gasteiger partial charge is 0.308 e. The molecule has 0 bridgehead atoms. The van der Waals surface area contributed by atoms with Gasteiger partial charge >= 0.3 is 5.97 Å². The van der Waals surface area contributed by atoms with Crippen LogP contribution in [0.4, 0.5) is 0 Å². The van der Waals surface area contributed by atoms with Gasteiger partial charge in [-0.3, -0.25) is 24.1 Å². The molecule has 25 heavy (non-hydrogen) atoms. The molecule has 0 N–H and O–H groups in total. The highest BCUT2D eigenvalue weighted by Gasteiger charge is 2.35. The van der Waals surface area contributed by atoms with Crippen molar-refractivity contribution in [2.75, 3.05) is 19.6 Å². The molecule has 0 radical (unpaired) electrons. The number of fused-ring (bicyclic) bond motifs is 1. The van der Waals surface area contributed by atoms with Crippen LogP contribution in [-0.4, -0.2) is 59.2 Å². The Labute approximate surface area is 145 Å². The molecule has 0 aromatic heterocycles. The fourth-order valence-corrected chi connectivity index (χ4v) is 3.15. The first-order valence-corrected chi connectivity index (χ1v) is 8.42. The van der Waals surface area contributed by atoms with Crippen LogP contribution < -0.4 is 0 Å². The van der Waals surface area contributed by atoms with E-state index >= 15 is 0 Å². The summed E-state index contributed by atoms with van der Waals surface area (Å²) in [6.45, 7) is 2.86. The van der Waals surface area contributed by atoms with Crippen LogP contribution in [0.2, 0.25) is 0 Å². The van der Waals surface area contributed by atoms with Gasteiger partial charge < -0.3 is 9.64 Å². The minimum Gasteiger partial charge on any atom is -0.452 e. The topological polar surface area (TPSA) is 84.0 Å². The highest BCUT2D eigenvalue weighted by Crippen LogP contribution is 2.22. The number of amides is 3. The summed E-state index contributed by atoms with van der Waals surface area (Å²) in [5.41, 5.74) is 0.692. The van der Waals surface area contributed by atoms with E-state index in [-0.39, 0.29) is 18.9 Å². The summed E-state index contributed by atoms with van der Waals surface area (Å²) >= 11 is 0. The molecular weight excluding hydrogens is 324 g/mol. The van der Waals surface area contributed by atoms with Crippen LogP contribution in [0, 0.1) is 0 Å². The van der Waals surface area contributed by atoms with Gasteiger partial charge in [0.2, 0.25) is 0 Å². The molecule has 1 fully saturated rings. The van der Waals surface area contributed by atoms with Crippen molar-refractivity contribution in [3.05, 3.63) is 35.4 Å². The number of likely N-dealkylation sites (tertiary alicyclic amines) is 1. The van der Waals surface area contributed by atoms with Gasteiger partial charge in [-0.1, -0.05) is 12.1 Å². The number of ether oxygens (including phenoxy) is 1. The Morgan fingerprint density at radius 1 is 1.08 bits per heavy atom. The number of benzene rings is 1. The first kappa shape index (κ1) is 17.1. The third-order valence-electron chi connectivity index (χ3n) is 4.49.